The van der Waals surface area contributed by atoms with Crippen LogP contribution in [0.1, 0.15) is 47.3 Å². The Balaban J connectivity index is 1.43. The Morgan fingerprint density at radius 3 is 2.94 bits per heavy atom. The number of hydrogen-bond acceptors (Lipinski definition) is 6. The highest BCUT2D eigenvalue weighted by Crippen LogP contribution is 2.35. The highest BCUT2D eigenvalue weighted by atomic mass is 32.2. The molecule has 3 aromatic rings. The molecule has 2 aromatic heterocycles. The van der Waals surface area contributed by atoms with Gasteiger partial charge in [0.15, 0.2) is 5.16 Å². The zero-order valence-electron chi connectivity index (χ0n) is 19.1. The molecule has 8 heteroatoms. The first-order chi connectivity index (χ1) is 16.0. The van der Waals surface area contributed by atoms with Crippen molar-refractivity contribution in [3.63, 3.8) is 0 Å². The molecule has 1 N–H and O–H groups in total. The number of fused-ring (bicyclic) bond motifs is 3. The Kier molecular flexibility index (Phi) is 6.58. The lowest BCUT2D eigenvalue weighted by Crippen LogP contribution is -2.29. The third-order valence-electron chi connectivity index (χ3n) is 6.45. The van der Waals surface area contributed by atoms with Crippen LogP contribution in [0.3, 0.4) is 0 Å². The predicted octanol–water partition coefficient (Wildman–Crippen LogP) is 4.86. The molecule has 1 amide bonds. The van der Waals surface area contributed by atoms with Gasteiger partial charge in [-0.05, 0) is 75.1 Å². The normalized spacial score (nSPS) is 17.9. The van der Waals surface area contributed by atoms with Gasteiger partial charge in [-0.1, -0.05) is 23.9 Å². The summed E-state index contributed by atoms with van der Waals surface area (Å²) in [6.45, 7) is 5.22. The fourth-order valence-corrected chi connectivity index (χ4v) is 6.78. The quantitative estimate of drug-likeness (QED) is 0.400. The molecule has 33 heavy (non-hydrogen) atoms. The van der Waals surface area contributed by atoms with Crippen LogP contribution in [-0.4, -0.2) is 33.9 Å². The van der Waals surface area contributed by atoms with Gasteiger partial charge in [0.1, 0.15) is 4.83 Å². The number of benzene rings is 1. The number of rotatable bonds is 6. The molecule has 6 nitrogen and oxygen atoms in total. The number of hydrogen-bond donors (Lipinski definition) is 1. The number of ether oxygens (including phenoxy) is 1. The van der Waals surface area contributed by atoms with E-state index in [1.165, 1.54) is 28.6 Å². The van der Waals surface area contributed by atoms with Crippen LogP contribution in [0.25, 0.3) is 10.2 Å². The van der Waals surface area contributed by atoms with Gasteiger partial charge >= 0.3 is 0 Å². The van der Waals surface area contributed by atoms with Gasteiger partial charge in [-0.2, -0.15) is 0 Å². The second-order valence-electron chi connectivity index (χ2n) is 8.99. The summed E-state index contributed by atoms with van der Waals surface area (Å²) in [5, 5.41) is 4.41. The van der Waals surface area contributed by atoms with Crippen LogP contribution in [-0.2, 0) is 28.9 Å². The van der Waals surface area contributed by atoms with Gasteiger partial charge in [-0.15, -0.1) is 11.3 Å². The Hall–Kier alpha value is -2.16. The largest absolute Gasteiger partial charge is 0.376 e. The molecule has 1 fully saturated rings. The summed E-state index contributed by atoms with van der Waals surface area (Å²) >= 11 is 2.98. The van der Waals surface area contributed by atoms with Gasteiger partial charge in [0.2, 0.25) is 5.91 Å². The maximum Gasteiger partial charge on any atom is 0.263 e. The van der Waals surface area contributed by atoms with E-state index in [-0.39, 0.29) is 23.3 Å². The summed E-state index contributed by atoms with van der Waals surface area (Å²) in [4.78, 5) is 33.4. The number of nitrogens with one attached hydrogen (secondary N) is 1. The number of thiophene rings is 1. The number of thioether (sulfide) groups is 1. The van der Waals surface area contributed by atoms with Crippen molar-refractivity contribution in [2.75, 3.05) is 17.7 Å². The average molecular weight is 484 g/mol. The van der Waals surface area contributed by atoms with Crippen LogP contribution < -0.4 is 10.9 Å². The zero-order chi connectivity index (χ0) is 22.9. The molecule has 174 valence electrons. The van der Waals surface area contributed by atoms with Crippen molar-refractivity contribution in [1.82, 2.24) is 9.55 Å². The first kappa shape index (κ1) is 22.6. The minimum Gasteiger partial charge on any atom is -0.376 e. The molecule has 1 aliphatic heterocycles. The molecule has 0 bridgehead atoms. The van der Waals surface area contributed by atoms with E-state index < -0.39 is 0 Å². The monoisotopic (exact) mass is 483 g/mol. The lowest BCUT2D eigenvalue weighted by Gasteiger charge is -2.16. The van der Waals surface area contributed by atoms with Crippen LogP contribution in [0.15, 0.2) is 28.2 Å². The highest BCUT2D eigenvalue weighted by Gasteiger charge is 2.25. The number of carbonyl (C=O) groups is 1. The van der Waals surface area contributed by atoms with E-state index in [0.717, 1.165) is 65.7 Å². The van der Waals surface area contributed by atoms with E-state index in [1.807, 2.05) is 32.0 Å². The summed E-state index contributed by atoms with van der Waals surface area (Å²) < 4.78 is 7.59. The first-order valence-corrected chi connectivity index (χ1v) is 13.5. The van der Waals surface area contributed by atoms with Crippen LogP contribution in [0.2, 0.25) is 0 Å². The Morgan fingerprint density at radius 2 is 2.12 bits per heavy atom. The van der Waals surface area contributed by atoms with Crippen molar-refractivity contribution < 1.29 is 9.53 Å². The molecule has 3 heterocycles. The molecule has 1 atom stereocenters. The van der Waals surface area contributed by atoms with Gasteiger partial charge in [0, 0.05) is 17.2 Å². The molecular formula is C25H29N3O3S2. The number of carbonyl (C=O) groups excluding carboxylic acids is 1. The Morgan fingerprint density at radius 1 is 1.27 bits per heavy atom. The van der Waals surface area contributed by atoms with Crippen LogP contribution in [0, 0.1) is 13.8 Å². The van der Waals surface area contributed by atoms with E-state index in [2.05, 4.69) is 5.32 Å². The number of amides is 1. The average Bonchev–Trinajstić information content (AvgIpc) is 3.44. The second kappa shape index (κ2) is 9.60. The Labute approximate surface area is 201 Å². The van der Waals surface area contributed by atoms with E-state index in [9.17, 15) is 9.59 Å². The molecule has 5 rings (SSSR count). The van der Waals surface area contributed by atoms with E-state index in [1.54, 1.807) is 15.9 Å². The first-order valence-electron chi connectivity index (χ1n) is 11.7. The van der Waals surface area contributed by atoms with Crippen molar-refractivity contribution >= 4 is 44.9 Å². The molecule has 1 aromatic carbocycles. The minimum absolute atomic E-state index is 0.0207. The standard InChI is InChI=1S/C25H29N3O3S2/c1-15-9-10-16(2)19(12-15)26-21(29)14-32-25-27-23-22(18-7-3-4-8-20(18)33-23)24(30)28(25)13-17-6-5-11-31-17/h9-10,12,17H,3-8,11,13-14H2,1-2H3,(H,26,29). The molecule has 0 saturated carbocycles. The predicted molar refractivity (Wildman–Crippen MR) is 135 cm³/mol. The molecule has 0 radical (unpaired) electrons. The third kappa shape index (κ3) is 4.74. The fraction of sp³-hybridized carbons (Fsp3) is 0.480. The van der Waals surface area contributed by atoms with E-state index in [0.29, 0.717) is 11.7 Å². The third-order valence-corrected chi connectivity index (χ3v) is 8.61. The van der Waals surface area contributed by atoms with Crippen molar-refractivity contribution in [2.45, 2.75) is 70.2 Å². The minimum atomic E-state index is -0.0998. The van der Waals surface area contributed by atoms with Gasteiger partial charge in [-0.25, -0.2) is 4.98 Å². The van der Waals surface area contributed by atoms with Crippen LogP contribution >= 0.6 is 23.1 Å². The van der Waals surface area contributed by atoms with Gasteiger partial charge < -0.3 is 10.1 Å². The fourth-order valence-electron chi connectivity index (χ4n) is 4.67. The maximum atomic E-state index is 13.6. The summed E-state index contributed by atoms with van der Waals surface area (Å²) in [5.41, 5.74) is 4.17. The summed E-state index contributed by atoms with van der Waals surface area (Å²) in [6.07, 6.45) is 6.27. The van der Waals surface area contributed by atoms with Crippen molar-refractivity contribution in [1.29, 1.82) is 0 Å². The number of aromatic nitrogens is 2. The zero-order valence-corrected chi connectivity index (χ0v) is 20.7. The smallest absolute Gasteiger partial charge is 0.263 e. The number of nitrogens with zero attached hydrogens (tertiary/aromatic N) is 2. The van der Waals surface area contributed by atoms with E-state index >= 15 is 0 Å². The topological polar surface area (TPSA) is 73.2 Å². The second-order valence-corrected chi connectivity index (χ2v) is 11.0. The summed E-state index contributed by atoms with van der Waals surface area (Å²) in [5.74, 6) is 0.0965. The molecule has 2 aliphatic rings. The molecular weight excluding hydrogens is 454 g/mol. The van der Waals surface area contributed by atoms with Crippen molar-refractivity contribution in [3.8, 4) is 0 Å². The van der Waals surface area contributed by atoms with Gasteiger partial charge in [0.25, 0.3) is 5.56 Å². The molecule has 1 saturated heterocycles. The highest BCUT2D eigenvalue weighted by molar-refractivity contribution is 7.99. The van der Waals surface area contributed by atoms with Gasteiger partial charge in [-0.3, -0.25) is 14.2 Å². The van der Waals surface area contributed by atoms with E-state index in [4.69, 9.17) is 9.72 Å². The van der Waals surface area contributed by atoms with Crippen LogP contribution in [0.5, 0.6) is 0 Å². The summed E-state index contributed by atoms with van der Waals surface area (Å²) in [6, 6.07) is 6.01. The lowest BCUT2D eigenvalue weighted by molar-refractivity contribution is -0.113. The molecule has 1 unspecified atom stereocenters. The molecule has 1 aliphatic carbocycles. The van der Waals surface area contributed by atoms with Gasteiger partial charge in [0.05, 0.1) is 23.8 Å². The van der Waals surface area contributed by atoms with Crippen LogP contribution in [0.4, 0.5) is 5.69 Å². The maximum absolute atomic E-state index is 13.6. The lowest BCUT2D eigenvalue weighted by atomic mass is 9.97. The molecule has 0 spiro atoms. The number of anilines is 1. The summed E-state index contributed by atoms with van der Waals surface area (Å²) in [7, 11) is 0. The van der Waals surface area contributed by atoms with Crippen molar-refractivity contribution in [2.24, 2.45) is 0 Å². The number of aryl methyl sites for hydroxylation is 4. The Bertz CT molecular complexity index is 1260. The SMILES string of the molecule is Cc1ccc(C)c(NC(=O)CSc2nc3sc4c(c3c(=O)n2CC2CCCO2)CCCC4)c1. The van der Waals surface area contributed by atoms with Crippen molar-refractivity contribution in [3.05, 3.63) is 50.1 Å².